The number of carbonyl (C=O) groups is 1. The number of rotatable bonds is 3. The Morgan fingerprint density at radius 1 is 1.53 bits per heavy atom. The molecule has 102 valence electrons. The van der Waals surface area contributed by atoms with E-state index < -0.39 is 11.0 Å². The molecule has 0 saturated heterocycles. The van der Waals surface area contributed by atoms with E-state index >= 15 is 0 Å². The van der Waals surface area contributed by atoms with Gasteiger partial charge in [0.2, 0.25) is 0 Å². The van der Waals surface area contributed by atoms with Crippen LogP contribution in [0.5, 0.6) is 0 Å². The highest BCUT2D eigenvalue weighted by Crippen LogP contribution is 2.40. The first kappa shape index (κ1) is 13.5. The maximum absolute atomic E-state index is 12.0. The van der Waals surface area contributed by atoms with Crippen molar-refractivity contribution in [2.24, 2.45) is 5.41 Å². The predicted molar refractivity (Wildman–Crippen MR) is 68.8 cm³/mol. The maximum atomic E-state index is 12.0. The lowest BCUT2D eigenvalue weighted by atomic mass is 9.64. The Bertz CT molecular complexity index is 527. The van der Waals surface area contributed by atoms with E-state index in [1.807, 2.05) is 13.8 Å². The van der Waals surface area contributed by atoms with Crippen molar-refractivity contribution in [2.45, 2.75) is 32.4 Å². The Balaban J connectivity index is 2.09. The lowest BCUT2D eigenvalue weighted by molar-refractivity contribution is -0.384. The number of benzene rings is 1. The Morgan fingerprint density at radius 3 is 2.74 bits per heavy atom. The van der Waals surface area contributed by atoms with Gasteiger partial charge in [-0.25, -0.2) is 0 Å². The largest absolute Gasteiger partial charge is 0.392 e. The van der Waals surface area contributed by atoms with Crippen molar-refractivity contribution in [3.63, 3.8) is 0 Å². The monoisotopic (exact) mass is 264 g/mol. The smallest absolute Gasteiger partial charge is 0.270 e. The van der Waals surface area contributed by atoms with Crippen molar-refractivity contribution in [3.05, 3.63) is 39.9 Å². The van der Waals surface area contributed by atoms with Crippen molar-refractivity contribution in [2.75, 3.05) is 0 Å². The number of amides is 1. The zero-order valence-electron chi connectivity index (χ0n) is 10.8. The number of aliphatic hydroxyl groups excluding tert-OH is 1. The summed E-state index contributed by atoms with van der Waals surface area (Å²) in [6.07, 6.45) is 0.0797. The second-order valence-electron chi connectivity index (χ2n) is 5.41. The van der Waals surface area contributed by atoms with E-state index in [2.05, 4.69) is 5.32 Å². The van der Waals surface area contributed by atoms with Crippen LogP contribution in [0.15, 0.2) is 24.3 Å². The van der Waals surface area contributed by atoms with Crippen molar-refractivity contribution in [1.29, 1.82) is 0 Å². The molecule has 2 atom stereocenters. The van der Waals surface area contributed by atoms with E-state index in [9.17, 15) is 20.0 Å². The van der Waals surface area contributed by atoms with Gasteiger partial charge in [-0.3, -0.25) is 14.9 Å². The molecule has 1 amide bonds. The summed E-state index contributed by atoms with van der Waals surface area (Å²) in [4.78, 5) is 22.1. The van der Waals surface area contributed by atoms with Gasteiger partial charge in [-0.05, 0) is 12.5 Å². The number of hydrogen-bond donors (Lipinski definition) is 2. The zero-order valence-corrected chi connectivity index (χ0v) is 10.8. The molecule has 2 rings (SSSR count). The summed E-state index contributed by atoms with van der Waals surface area (Å²) in [6.45, 7) is 3.75. The van der Waals surface area contributed by atoms with Gasteiger partial charge < -0.3 is 10.4 Å². The molecule has 1 aliphatic rings. The number of nitro benzene ring substituents is 1. The first-order chi connectivity index (χ1) is 8.82. The third-order valence-electron chi connectivity index (χ3n) is 3.84. The van der Waals surface area contributed by atoms with E-state index in [4.69, 9.17) is 0 Å². The molecule has 6 heteroatoms. The molecule has 19 heavy (non-hydrogen) atoms. The van der Waals surface area contributed by atoms with Crippen LogP contribution in [0.1, 0.15) is 30.6 Å². The van der Waals surface area contributed by atoms with Gasteiger partial charge in [-0.2, -0.15) is 0 Å². The van der Waals surface area contributed by atoms with Gasteiger partial charge in [-0.15, -0.1) is 0 Å². The summed E-state index contributed by atoms with van der Waals surface area (Å²) in [6, 6.07) is 5.48. The first-order valence-corrected chi connectivity index (χ1v) is 6.05. The molecule has 2 N–H and O–H groups in total. The lowest BCUT2D eigenvalue weighted by Gasteiger charge is -2.49. The van der Waals surface area contributed by atoms with Crippen LogP contribution < -0.4 is 5.32 Å². The molecule has 0 aliphatic heterocycles. The molecular weight excluding hydrogens is 248 g/mol. The van der Waals surface area contributed by atoms with Crippen LogP contribution in [0.3, 0.4) is 0 Å². The highest BCUT2D eigenvalue weighted by atomic mass is 16.6. The van der Waals surface area contributed by atoms with E-state index in [0.29, 0.717) is 6.42 Å². The van der Waals surface area contributed by atoms with Crippen molar-refractivity contribution in [1.82, 2.24) is 5.32 Å². The van der Waals surface area contributed by atoms with E-state index in [1.54, 1.807) is 0 Å². The van der Waals surface area contributed by atoms with E-state index in [0.717, 1.165) is 0 Å². The number of nitrogens with zero attached hydrogens (tertiary/aromatic N) is 1. The number of aliphatic hydroxyl groups is 1. The van der Waals surface area contributed by atoms with Crippen LogP contribution in [0, 0.1) is 15.5 Å². The minimum Gasteiger partial charge on any atom is -0.392 e. The SMILES string of the molecule is CC1(C)C(O)CC1NC(=O)c1cccc([N+](=O)[O-])c1. The van der Waals surface area contributed by atoms with Crippen LogP contribution in [0.4, 0.5) is 5.69 Å². The fraction of sp³-hybridized carbons (Fsp3) is 0.462. The predicted octanol–water partition coefficient (Wildman–Crippen LogP) is 1.48. The fourth-order valence-electron chi connectivity index (χ4n) is 2.15. The van der Waals surface area contributed by atoms with Crippen LogP contribution >= 0.6 is 0 Å². The Kier molecular flexibility index (Phi) is 3.28. The third kappa shape index (κ3) is 2.44. The van der Waals surface area contributed by atoms with E-state index in [-0.39, 0.29) is 28.6 Å². The van der Waals surface area contributed by atoms with Crippen LogP contribution in [-0.4, -0.2) is 28.1 Å². The summed E-state index contributed by atoms with van der Waals surface area (Å²) in [5, 5.41) is 23.1. The molecule has 6 nitrogen and oxygen atoms in total. The number of nitro groups is 1. The first-order valence-electron chi connectivity index (χ1n) is 6.05. The molecule has 0 bridgehead atoms. The molecular formula is C13H16N2O4. The van der Waals surface area contributed by atoms with Crippen LogP contribution in [0.25, 0.3) is 0 Å². The molecule has 2 unspecified atom stereocenters. The molecule has 0 spiro atoms. The molecule has 1 fully saturated rings. The van der Waals surface area contributed by atoms with Gasteiger partial charge in [0.15, 0.2) is 0 Å². The molecule has 1 aromatic carbocycles. The van der Waals surface area contributed by atoms with Crippen LogP contribution in [-0.2, 0) is 0 Å². The van der Waals surface area contributed by atoms with Gasteiger partial charge in [0.1, 0.15) is 0 Å². The number of nitrogens with one attached hydrogen (secondary N) is 1. The quantitative estimate of drug-likeness (QED) is 0.639. The summed E-state index contributed by atoms with van der Waals surface area (Å²) >= 11 is 0. The Morgan fingerprint density at radius 2 is 2.21 bits per heavy atom. The molecule has 0 heterocycles. The Hall–Kier alpha value is -1.95. The van der Waals surface area contributed by atoms with Crippen LogP contribution in [0.2, 0.25) is 0 Å². The minimum atomic E-state index is -0.534. The van der Waals surface area contributed by atoms with Gasteiger partial charge >= 0.3 is 0 Å². The molecule has 0 radical (unpaired) electrons. The average Bonchev–Trinajstić information content (AvgIpc) is 2.38. The summed E-state index contributed by atoms with van der Waals surface area (Å²) in [5.41, 5.74) is -0.219. The second kappa shape index (κ2) is 4.62. The standard InChI is InChI=1S/C13H16N2O4/c1-13(2)10(7-11(13)16)14-12(17)8-4-3-5-9(6-8)15(18)19/h3-6,10-11,16H,7H2,1-2H3,(H,14,17). The van der Waals surface area contributed by atoms with Gasteiger partial charge in [0, 0.05) is 29.2 Å². The zero-order chi connectivity index (χ0) is 14.2. The number of non-ortho nitro benzene ring substituents is 1. The second-order valence-corrected chi connectivity index (χ2v) is 5.41. The molecule has 1 aromatic rings. The highest BCUT2D eigenvalue weighted by Gasteiger charge is 2.47. The van der Waals surface area contributed by atoms with Gasteiger partial charge in [0.05, 0.1) is 11.0 Å². The summed E-state index contributed by atoms with van der Waals surface area (Å²) < 4.78 is 0. The molecule has 1 aliphatic carbocycles. The van der Waals surface area contributed by atoms with Crippen molar-refractivity contribution in [3.8, 4) is 0 Å². The fourth-order valence-corrected chi connectivity index (χ4v) is 2.15. The van der Waals surface area contributed by atoms with Gasteiger partial charge in [0.25, 0.3) is 11.6 Å². The summed E-state index contributed by atoms with van der Waals surface area (Å²) in [5.74, 6) is -0.353. The summed E-state index contributed by atoms with van der Waals surface area (Å²) in [7, 11) is 0. The van der Waals surface area contributed by atoms with Gasteiger partial charge in [-0.1, -0.05) is 19.9 Å². The molecule has 1 saturated carbocycles. The Labute approximate surface area is 110 Å². The number of carbonyl (C=O) groups excluding carboxylic acids is 1. The topological polar surface area (TPSA) is 92.5 Å². The van der Waals surface area contributed by atoms with E-state index in [1.165, 1.54) is 24.3 Å². The normalized spacial score (nSPS) is 24.4. The minimum absolute atomic E-state index is 0.111. The highest BCUT2D eigenvalue weighted by molar-refractivity contribution is 5.95. The molecule has 0 aromatic heterocycles. The maximum Gasteiger partial charge on any atom is 0.270 e. The number of hydrogen-bond acceptors (Lipinski definition) is 4. The third-order valence-corrected chi connectivity index (χ3v) is 3.84. The van der Waals surface area contributed by atoms with Crippen molar-refractivity contribution < 1.29 is 14.8 Å². The lowest BCUT2D eigenvalue weighted by Crippen LogP contribution is -2.61. The van der Waals surface area contributed by atoms with Crippen molar-refractivity contribution >= 4 is 11.6 Å². The average molecular weight is 264 g/mol.